The molecule has 0 aliphatic heterocycles. The van der Waals surface area contributed by atoms with E-state index < -0.39 is 12.2 Å². The molecule has 0 fully saturated rings. The van der Waals surface area contributed by atoms with E-state index in [1.165, 1.54) is 0 Å². The van der Waals surface area contributed by atoms with Gasteiger partial charge >= 0.3 is 6.09 Å². The molecule has 1 unspecified atom stereocenters. The SMILES string of the molecule is [CH2]C(O)CNC(C)(C)CNC(=O)OCC. The Morgan fingerprint density at radius 2 is 2.20 bits per heavy atom. The van der Waals surface area contributed by atoms with Crippen LogP contribution in [0, 0.1) is 6.92 Å². The van der Waals surface area contributed by atoms with Crippen molar-refractivity contribution in [1.29, 1.82) is 0 Å². The molecule has 89 valence electrons. The van der Waals surface area contributed by atoms with Crippen LogP contribution < -0.4 is 10.6 Å². The van der Waals surface area contributed by atoms with Gasteiger partial charge in [-0.3, -0.25) is 0 Å². The zero-order valence-corrected chi connectivity index (χ0v) is 9.67. The maximum Gasteiger partial charge on any atom is 0.407 e. The molecule has 0 aromatic heterocycles. The van der Waals surface area contributed by atoms with Gasteiger partial charge in [-0.1, -0.05) is 0 Å². The number of hydrogen-bond donors (Lipinski definition) is 3. The number of hydrogen-bond acceptors (Lipinski definition) is 4. The Bertz CT molecular complexity index is 193. The third kappa shape index (κ3) is 8.20. The summed E-state index contributed by atoms with van der Waals surface area (Å²) in [5.74, 6) is 0. The topological polar surface area (TPSA) is 70.6 Å². The second kappa shape index (κ2) is 6.63. The van der Waals surface area contributed by atoms with Gasteiger partial charge in [0.2, 0.25) is 0 Å². The summed E-state index contributed by atoms with van der Waals surface area (Å²) in [4.78, 5) is 11.0. The molecule has 0 aliphatic carbocycles. The van der Waals surface area contributed by atoms with E-state index in [9.17, 15) is 4.79 Å². The molecule has 0 bridgehead atoms. The zero-order valence-electron chi connectivity index (χ0n) is 9.67. The van der Waals surface area contributed by atoms with Crippen LogP contribution in [-0.2, 0) is 4.74 Å². The van der Waals surface area contributed by atoms with Crippen molar-refractivity contribution in [3.05, 3.63) is 6.92 Å². The van der Waals surface area contributed by atoms with Crippen molar-refractivity contribution in [3.8, 4) is 0 Å². The highest BCUT2D eigenvalue weighted by atomic mass is 16.5. The van der Waals surface area contributed by atoms with Gasteiger partial charge in [-0.05, 0) is 27.7 Å². The van der Waals surface area contributed by atoms with E-state index in [2.05, 4.69) is 17.6 Å². The van der Waals surface area contributed by atoms with Gasteiger partial charge in [-0.2, -0.15) is 0 Å². The van der Waals surface area contributed by atoms with E-state index in [0.717, 1.165) is 0 Å². The van der Waals surface area contributed by atoms with Crippen LogP contribution in [0.2, 0.25) is 0 Å². The van der Waals surface area contributed by atoms with Crippen molar-refractivity contribution in [3.63, 3.8) is 0 Å². The van der Waals surface area contributed by atoms with E-state index in [-0.39, 0.29) is 5.54 Å². The largest absolute Gasteiger partial charge is 0.450 e. The van der Waals surface area contributed by atoms with E-state index >= 15 is 0 Å². The first kappa shape index (κ1) is 14.2. The molecule has 0 spiro atoms. The number of aliphatic hydroxyl groups excluding tert-OH is 1. The fraction of sp³-hybridized carbons (Fsp3) is 0.800. The molecular weight excluding hydrogens is 196 g/mol. The third-order valence-corrected chi connectivity index (χ3v) is 1.77. The van der Waals surface area contributed by atoms with E-state index in [1.807, 2.05) is 13.8 Å². The number of aliphatic hydroxyl groups is 1. The Morgan fingerprint density at radius 1 is 1.60 bits per heavy atom. The van der Waals surface area contributed by atoms with Crippen molar-refractivity contribution in [2.24, 2.45) is 0 Å². The molecule has 3 N–H and O–H groups in total. The monoisotopic (exact) mass is 217 g/mol. The van der Waals surface area contributed by atoms with Crippen molar-refractivity contribution in [2.75, 3.05) is 19.7 Å². The summed E-state index contributed by atoms with van der Waals surface area (Å²) >= 11 is 0. The summed E-state index contributed by atoms with van der Waals surface area (Å²) in [5.41, 5.74) is -0.300. The molecule has 0 aliphatic rings. The molecule has 5 nitrogen and oxygen atoms in total. The summed E-state index contributed by atoms with van der Waals surface area (Å²) in [5, 5.41) is 14.7. The zero-order chi connectivity index (χ0) is 11.9. The molecule has 5 heteroatoms. The maximum atomic E-state index is 11.0. The Balaban J connectivity index is 3.77. The van der Waals surface area contributed by atoms with Crippen molar-refractivity contribution in [1.82, 2.24) is 10.6 Å². The molecule has 1 radical (unpaired) electrons. The second-order valence-corrected chi connectivity index (χ2v) is 3.99. The van der Waals surface area contributed by atoms with E-state index in [0.29, 0.717) is 19.7 Å². The van der Waals surface area contributed by atoms with Gasteiger partial charge in [0, 0.05) is 18.6 Å². The van der Waals surface area contributed by atoms with Crippen molar-refractivity contribution < 1.29 is 14.6 Å². The molecule has 15 heavy (non-hydrogen) atoms. The number of carbonyl (C=O) groups excluding carboxylic acids is 1. The lowest BCUT2D eigenvalue weighted by Gasteiger charge is -2.27. The Kier molecular flexibility index (Phi) is 6.27. The second-order valence-electron chi connectivity index (χ2n) is 3.99. The van der Waals surface area contributed by atoms with Gasteiger partial charge in [0.1, 0.15) is 0 Å². The minimum Gasteiger partial charge on any atom is -0.450 e. The molecule has 1 atom stereocenters. The van der Waals surface area contributed by atoms with E-state index in [1.54, 1.807) is 6.92 Å². The first-order valence-corrected chi connectivity index (χ1v) is 5.04. The third-order valence-electron chi connectivity index (χ3n) is 1.77. The number of β-amino-alcohol motifs (C(OH)–C–C–N with tert-alkyl or cyclic N) is 1. The van der Waals surface area contributed by atoms with Gasteiger partial charge < -0.3 is 20.5 Å². The van der Waals surface area contributed by atoms with Gasteiger partial charge in [0.25, 0.3) is 0 Å². The molecule has 1 amide bonds. The minimum absolute atomic E-state index is 0.300. The average molecular weight is 217 g/mol. The van der Waals surface area contributed by atoms with Crippen LogP contribution in [0.25, 0.3) is 0 Å². The molecule has 0 saturated heterocycles. The van der Waals surface area contributed by atoms with Gasteiger partial charge in [-0.15, -0.1) is 0 Å². The first-order valence-electron chi connectivity index (χ1n) is 5.04. The molecule has 0 aromatic rings. The predicted molar refractivity (Wildman–Crippen MR) is 58.5 cm³/mol. The van der Waals surface area contributed by atoms with Crippen LogP contribution in [0.4, 0.5) is 4.79 Å². The summed E-state index contributed by atoms with van der Waals surface area (Å²) < 4.78 is 4.72. The lowest BCUT2D eigenvalue weighted by molar-refractivity contribution is 0.147. The number of nitrogens with one attached hydrogen (secondary N) is 2. The number of amides is 1. The standard InChI is InChI=1S/C10H21N2O3/c1-5-15-9(14)11-7-10(3,4)12-6-8(2)13/h8,12-13H,2,5-7H2,1,3-4H3,(H,11,14). The van der Waals surface area contributed by atoms with Crippen LogP contribution in [0.5, 0.6) is 0 Å². The normalized spacial score (nSPS) is 13.4. The van der Waals surface area contributed by atoms with Crippen LogP contribution in [0.3, 0.4) is 0 Å². The van der Waals surface area contributed by atoms with Gasteiger partial charge in [0.15, 0.2) is 0 Å². The fourth-order valence-electron chi connectivity index (χ4n) is 0.932. The van der Waals surface area contributed by atoms with E-state index in [4.69, 9.17) is 9.84 Å². The van der Waals surface area contributed by atoms with Crippen LogP contribution in [-0.4, -0.2) is 42.5 Å². The predicted octanol–water partition coefficient (Wildman–Crippen LogP) is 0.296. The maximum absolute atomic E-state index is 11.0. The summed E-state index contributed by atoms with van der Waals surface area (Å²) in [6.07, 6.45) is -1.07. The average Bonchev–Trinajstić information content (AvgIpc) is 2.13. The Hall–Kier alpha value is -0.810. The van der Waals surface area contributed by atoms with Crippen LogP contribution >= 0.6 is 0 Å². The smallest absolute Gasteiger partial charge is 0.407 e. The van der Waals surface area contributed by atoms with Crippen LogP contribution in [0.1, 0.15) is 20.8 Å². The highest BCUT2D eigenvalue weighted by Crippen LogP contribution is 1.99. The number of rotatable bonds is 6. The Morgan fingerprint density at radius 3 is 2.67 bits per heavy atom. The fourth-order valence-corrected chi connectivity index (χ4v) is 0.932. The van der Waals surface area contributed by atoms with Crippen LogP contribution in [0.15, 0.2) is 0 Å². The highest BCUT2D eigenvalue weighted by molar-refractivity contribution is 5.67. The molecule has 0 heterocycles. The van der Waals surface area contributed by atoms with Gasteiger partial charge in [0.05, 0.1) is 12.7 Å². The minimum atomic E-state index is -0.646. The summed E-state index contributed by atoms with van der Waals surface area (Å²) in [7, 11) is 0. The lowest BCUT2D eigenvalue weighted by atomic mass is 10.1. The molecule has 0 saturated carbocycles. The molecule has 0 aromatic carbocycles. The Labute approximate surface area is 91.2 Å². The first-order chi connectivity index (χ1) is 6.87. The molecular formula is C10H21N2O3. The van der Waals surface area contributed by atoms with Crippen molar-refractivity contribution in [2.45, 2.75) is 32.4 Å². The number of ether oxygens (including phenoxy) is 1. The lowest BCUT2D eigenvalue weighted by Crippen LogP contribution is -2.51. The number of carbonyl (C=O) groups is 1. The van der Waals surface area contributed by atoms with Crippen molar-refractivity contribution >= 4 is 6.09 Å². The summed E-state index contributed by atoms with van der Waals surface area (Å²) in [6, 6.07) is 0. The highest BCUT2D eigenvalue weighted by Gasteiger charge is 2.18. The quantitative estimate of drug-likeness (QED) is 0.598. The van der Waals surface area contributed by atoms with Gasteiger partial charge in [-0.25, -0.2) is 4.79 Å². The number of alkyl carbamates (subject to hydrolysis) is 1. The summed E-state index contributed by atoms with van der Waals surface area (Å²) in [6.45, 7) is 10.2. The molecule has 0 rings (SSSR count).